The second-order valence-electron chi connectivity index (χ2n) is 3.22. The Morgan fingerprint density at radius 3 is 2.94 bits per heavy atom. The topological polar surface area (TPSA) is 81.8 Å². The first-order chi connectivity index (χ1) is 8.17. The number of aromatic hydroxyl groups is 1. The van der Waals surface area contributed by atoms with Crippen LogP contribution in [0.2, 0.25) is 0 Å². The van der Waals surface area contributed by atoms with Crippen molar-refractivity contribution in [3.63, 3.8) is 0 Å². The van der Waals surface area contributed by atoms with Gasteiger partial charge in [-0.15, -0.1) is 0 Å². The Kier molecular flexibility index (Phi) is 5.03. The first-order valence-corrected chi connectivity index (χ1v) is 5.09. The molecule has 17 heavy (non-hydrogen) atoms. The number of rotatable bonds is 5. The highest BCUT2D eigenvalue weighted by molar-refractivity contribution is 5.87. The Balaban J connectivity index is 2.68. The summed E-state index contributed by atoms with van der Waals surface area (Å²) in [7, 11) is 1.46. The fourth-order valence-electron chi connectivity index (χ4n) is 1.17. The smallest absolute Gasteiger partial charge is 0.330 e. The molecule has 3 N–H and O–H groups in total. The summed E-state index contributed by atoms with van der Waals surface area (Å²) in [5, 5.41) is 9.37. The maximum Gasteiger partial charge on any atom is 0.330 e. The number of benzene rings is 1. The van der Waals surface area contributed by atoms with Gasteiger partial charge in [0.15, 0.2) is 11.5 Å². The standard InChI is InChI=1S/C12H15NO4/c1-16-11-8-9(2-4-10(11)14)3-5-12(15)17-7-6-13/h2-5,8,14H,6-7,13H2,1H3/b5-3+. The third kappa shape index (κ3) is 4.16. The molecule has 1 aromatic rings. The number of phenolic OH excluding ortho intramolecular Hbond substituents is 1. The number of esters is 1. The van der Waals surface area contributed by atoms with Crippen LogP contribution >= 0.6 is 0 Å². The van der Waals surface area contributed by atoms with Gasteiger partial charge in [0.1, 0.15) is 6.61 Å². The van der Waals surface area contributed by atoms with Crippen LogP contribution in [0.1, 0.15) is 5.56 Å². The Labute approximate surface area is 99.5 Å². The minimum Gasteiger partial charge on any atom is -0.504 e. The number of hydrogen-bond donors (Lipinski definition) is 2. The molecular formula is C12H15NO4. The maximum atomic E-state index is 11.2. The summed E-state index contributed by atoms with van der Waals surface area (Å²) in [5.74, 6) is -0.0553. The van der Waals surface area contributed by atoms with Crippen molar-refractivity contribution in [1.82, 2.24) is 0 Å². The van der Waals surface area contributed by atoms with Crippen LogP contribution in [0, 0.1) is 0 Å². The van der Waals surface area contributed by atoms with Crippen molar-refractivity contribution in [2.75, 3.05) is 20.3 Å². The number of phenols is 1. The number of carbonyl (C=O) groups is 1. The van der Waals surface area contributed by atoms with E-state index in [-0.39, 0.29) is 12.4 Å². The molecule has 0 aliphatic carbocycles. The van der Waals surface area contributed by atoms with Gasteiger partial charge in [0.05, 0.1) is 7.11 Å². The van der Waals surface area contributed by atoms with Crippen molar-refractivity contribution in [2.45, 2.75) is 0 Å². The lowest BCUT2D eigenvalue weighted by atomic mass is 10.2. The summed E-state index contributed by atoms with van der Waals surface area (Å²) >= 11 is 0. The molecule has 0 heterocycles. The van der Waals surface area contributed by atoms with Crippen molar-refractivity contribution in [3.8, 4) is 11.5 Å². The highest BCUT2D eigenvalue weighted by atomic mass is 16.5. The van der Waals surface area contributed by atoms with Crippen LogP contribution in [-0.4, -0.2) is 31.3 Å². The molecule has 0 aromatic heterocycles. The van der Waals surface area contributed by atoms with E-state index in [1.807, 2.05) is 0 Å². The zero-order valence-electron chi connectivity index (χ0n) is 9.55. The van der Waals surface area contributed by atoms with Gasteiger partial charge in [-0.1, -0.05) is 6.07 Å². The summed E-state index contributed by atoms with van der Waals surface area (Å²) < 4.78 is 9.70. The van der Waals surface area contributed by atoms with Crippen molar-refractivity contribution in [1.29, 1.82) is 0 Å². The van der Waals surface area contributed by atoms with E-state index < -0.39 is 5.97 Å². The molecule has 0 atom stereocenters. The summed E-state index contributed by atoms with van der Waals surface area (Å²) in [6, 6.07) is 4.76. The van der Waals surface area contributed by atoms with Crippen LogP contribution < -0.4 is 10.5 Å². The molecule has 0 aliphatic rings. The lowest BCUT2D eigenvalue weighted by molar-refractivity contribution is -0.137. The average molecular weight is 237 g/mol. The van der Waals surface area contributed by atoms with Crippen molar-refractivity contribution in [2.24, 2.45) is 5.73 Å². The lowest BCUT2D eigenvalue weighted by Gasteiger charge is -2.03. The van der Waals surface area contributed by atoms with E-state index in [4.69, 9.17) is 15.2 Å². The SMILES string of the molecule is COc1cc(/C=C/C(=O)OCCN)ccc1O. The van der Waals surface area contributed by atoms with Gasteiger partial charge in [-0.3, -0.25) is 0 Å². The molecule has 0 bridgehead atoms. The number of carbonyl (C=O) groups excluding carboxylic acids is 1. The van der Waals surface area contributed by atoms with Gasteiger partial charge in [-0.2, -0.15) is 0 Å². The number of nitrogens with two attached hydrogens (primary N) is 1. The van der Waals surface area contributed by atoms with Gasteiger partial charge in [0.25, 0.3) is 0 Å². The first kappa shape index (κ1) is 13.1. The lowest BCUT2D eigenvalue weighted by Crippen LogP contribution is -2.11. The predicted molar refractivity (Wildman–Crippen MR) is 63.7 cm³/mol. The Morgan fingerprint density at radius 2 is 2.29 bits per heavy atom. The Morgan fingerprint density at radius 1 is 1.53 bits per heavy atom. The fourth-order valence-corrected chi connectivity index (χ4v) is 1.17. The highest BCUT2D eigenvalue weighted by Gasteiger charge is 2.01. The second-order valence-corrected chi connectivity index (χ2v) is 3.22. The molecule has 0 radical (unpaired) electrons. The molecule has 5 nitrogen and oxygen atoms in total. The normalized spacial score (nSPS) is 10.5. The molecule has 0 unspecified atom stereocenters. The van der Waals surface area contributed by atoms with Crippen molar-refractivity contribution >= 4 is 12.0 Å². The molecule has 0 saturated heterocycles. The van der Waals surface area contributed by atoms with E-state index in [9.17, 15) is 9.90 Å². The number of methoxy groups -OCH3 is 1. The van der Waals surface area contributed by atoms with E-state index in [2.05, 4.69) is 0 Å². The second kappa shape index (κ2) is 6.55. The van der Waals surface area contributed by atoms with Crippen molar-refractivity contribution < 1.29 is 19.4 Å². The zero-order chi connectivity index (χ0) is 12.7. The van der Waals surface area contributed by atoms with Gasteiger partial charge in [-0.25, -0.2) is 4.79 Å². The molecule has 0 spiro atoms. The van der Waals surface area contributed by atoms with E-state index in [1.165, 1.54) is 19.3 Å². The largest absolute Gasteiger partial charge is 0.504 e. The Hall–Kier alpha value is -2.01. The molecule has 1 aromatic carbocycles. The van der Waals surface area contributed by atoms with E-state index in [1.54, 1.807) is 18.2 Å². The van der Waals surface area contributed by atoms with Gasteiger partial charge in [-0.05, 0) is 23.8 Å². The van der Waals surface area contributed by atoms with Crippen LogP contribution in [0.5, 0.6) is 11.5 Å². The number of ether oxygens (including phenoxy) is 2. The van der Waals surface area contributed by atoms with E-state index in [0.717, 1.165) is 5.56 Å². The highest BCUT2D eigenvalue weighted by Crippen LogP contribution is 2.26. The summed E-state index contributed by atoms with van der Waals surface area (Å²) in [5.41, 5.74) is 5.92. The monoisotopic (exact) mass is 237 g/mol. The molecule has 0 aliphatic heterocycles. The van der Waals surface area contributed by atoms with Crippen LogP contribution in [0.15, 0.2) is 24.3 Å². The summed E-state index contributed by atoms with van der Waals surface area (Å²) in [6.07, 6.45) is 2.86. The van der Waals surface area contributed by atoms with Gasteiger partial charge in [0, 0.05) is 12.6 Å². The third-order valence-electron chi connectivity index (χ3n) is 1.98. The third-order valence-corrected chi connectivity index (χ3v) is 1.98. The average Bonchev–Trinajstić information content (AvgIpc) is 2.35. The molecule has 5 heteroatoms. The summed E-state index contributed by atoms with van der Waals surface area (Å²) in [4.78, 5) is 11.2. The molecule has 0 saturated carbocycles. The molecule has 0 fully saturated rings. The minimum absolute atomic E-state index is 0.0513. The van der Waals surface area contributed by atoms with Crippen LogP contribution in [-0.2, 0) is 9.53 Å². The first-order valence-electron chi connectivity index (χ1n) is 5.09. The molecule has 0 amide bonds. The van der Waals surface area contributed by atoms with Crippen LogP contribution in [0.25, 0.3) is 6.08 Å². The number of hydrogen-bond acceptors (Lipinski definition) is 5. The fraction of sp³-hybridized carbons (Fsp3) is 0.250. The molecule has 92 valence electrons. The van der Waals surface area contributed by atoms with E-state index >= 15 is 0 Å². The Bertz CT molecular complexity index is 415. The van der Waals surface area contributed by atoms with Gasteiger partial charge in [0.2, 0.25) is 0 Å². The van der Waals surface area contributed by atoms with Gasteiger partial charge >= 0.3 is 5.97 Å². The molecule has 1 rings (SSSR count). The predicted octanol–water partition coefficient (Wildman–Crippen LogP) is 0.916. The maximum absolute atomic E-state index is 11.2. The van der Waals surface area contributed by atoms with Crippen molar-refractivity contribution in [3.05, 3.63) is 29.8 Å². The molecular weight excluding hydrogens is 222 g/mol. The van der Waals surface area contributed by atoms with Crippen LogP contribution in [0.4, 0.5) is 0 Å². The quantitative estimate of drug-likeness (QED) is 0.587. The summed E-state index contributed by atoms with van der Waals surface area (Å²) in [6.45, 7) is 0.495. The van der Waals surface area contributed by atoms with Crippen LogP contribution in [0.3, 0.4) is 0 Å². The zero-order valence-corrected chi connectivity index (χ0v) is 9.55. The van der Waals surface area contributed by atoms with Gasteiger partial charge < -0.3 is 20.3 Å². The van der Waals surface area contributed by atoms with E-state index in [0.29, 0.717) is 12.3 Å². The minimum atomic E-state index is -0.456.